The fraction of sp³-hybridized carbons (Fsp3) is 0.357. The van der Waals surface area contributed by atoms with Crippen molar-refractivity contribution in [2.45, 2.75) is 32.6 Å². The smallest absolute Gasteiger partial charge is 0.272 e. The van der Waals surface area contributed by atoms with Gasteiger partial charge in [0.05, 0.1) is 6.61 Å². The van der Waals surface area contributed by atoms with Gasteiger partial charge in [-0.05, 0) is 51.0 Å². The molecule has 6 heteroatoms. The second kappa shape index (κ2) is 5.28. The predicted molar refractivity (Wildman–Crippen MR) is 76.6 cm³/mol. The van der Waals surface area contributed by atoms with Crippen LogP contribution in [0.2, 0.25) is 0 Å². The average Bonchev–Trinajstić information content (AvgIpc) is 2.80. The van der Waals surface area contributed by atoms with Crippen LogP contribution in [0.15, 0.2) is 29.4 Å². The van der Waals surface area contributed by atoms with Gasteiger partial charge in [-0.3, -0.25) is 0 Å². The molecule has 0 amide bonds. The molecule has 0 radical (unpaired) electrons. The number of ether oxygens (including phenoxy) is 1. The Morgan fingerprint density at radius 2 is 1.85 bits per heavy atom. The van der Waals surface area contributed by atoms with Crippen molar-refractivity contribution in [3.8, 4) is 5.75 Å². The van der Waals surface area contributed by atoms with E-state index in [0.29, 0.717) is 18.2 Å². The molecule has 2 rings (SSSR count). The summed E-state index contributed by atoms with van der Waals surface area (Å²) < 4.78 is 32.1. The summed E-state index contributed by atoms with van der Waals surface area (Å²) >= 11 is 0. The minimum Gasteiger partial charge on any atom is -0.492 e. The second-order valence-corrected chi connectivity index (χ2v) is 6.37. The molecule has 0 aliphatic rings. The molecule has 0 aliphatic carbocycles. The van der Waals surface area contributed by atoms with Crippen LogP contribution in [-0.4, -0.2) is 24.0 Å². The first kappa shape index (κ1) is 14.6. The van der Waals surface area contributed by atoms with Gasteiger partial charge in [-0.25, -0.2) is 17.4 Å². The van der Waals surface area contributed by atoms with E-state index in [4.69, 9.17) is 4.74 Å². The predicted octanol–water partition coefficient (Wildman–Crippen LogP) is 2.44. The number of nitrogens with zero attached hydrogens (tertiary/aromatic N) is 2. The van der Waals surface area contributed by atoms with Gasteiger partial charge in [-0.15, -0.1) is 0 Å². The molecule has 0 spiro atoms. The molecular formula is C14H18N2O3S. The Labute approximate surface area is 119 Å². The lowest BCUT2D eigenvalue weighted by molar-refractivity contribution is 0.330. The molecule has 1 aromatic heterocycles. The van der Waals surface area contributed by atoms with Gasteiger partial charge in [-0.1, -0.05) is 0 Å². The number of aromatic nitrogens is 2. The lowest BCUT2D eigenvalue weighted by atomic mass is 10.1. The summed E-state index contributed by atoms with van der Waals surface area (Å²) in [4.78, 5) is 4.14. The average molecular weight is 294 g/mol. The lowest BCUT2D eigenvalue weighted by Gasteiger charge is -2.14. The van der Waals surface area contributed by atoms with Crippen molar-refractivity contribution >= 4 is 10.0 Å². The van der Waals surface area contributed by atoms with Crippen molar-refractivity contribution in [2.24, 2.45) is 0 Å². The molecule has 1 heterocycles. The van der Waals surface area contributed by atoms with Gasteiger partial charge in [0.1, 0.15) is 16.5 Å². The van der Waals surface area contributed by atoms with Crippen molar-refractivity contribution in [3.63, 3.8) is 0 Å². The Kier molecular flexibility index (Phi) is 3.85. The first-order valence-electron chi connectivity index (χ1n) is 6.37. The summed E-state index contributed by atoms with van der Waals surface area (Å²) in [5.41, 5.74) is 1.90. The molecule has 0 unspecified atom stereocenters. The maximum Gasteiger partial charge on any atom is 0.272 e. The molecule has 0 fully saturated rings. The van der Waals surface area contributed by atoms with E-state index in [1.165, 1.54) is 16.4 Å². The van der Waals surface area contributed by atoms with Crippen molar-refractivity contribution < 1.29 is 13.2 Å². The molecule has 2 aromatic rings. The first-order valence-corrected chi connectivity index (χ1v) is 7.81. The fourth-order valence-electron chi connectivity index (χ4n) is 1.96. The summed E-state index contributed by atoms with van der Waals surface area (Å²) in [5, 5.41) is 0. The molecule has 0 saturated heterocycles. The van der Waals surface area contributed by atoms with Gasteiger partial charge in [0.15, 0.2) is 0 Å². The van der Waals surface area contributed by atoms with Gasteiger partial charge in [0.2, 0.25) is 0 Å². The SMILES string of the molecule is CCOc1cc(C)c(C)cc1S(=O)(=O)n1ccnc1C. The summed E-state index contributed by atoms with van der Waals surface area (Å²) in [6, 6.07) is 3.41. The third-order valence-corrected chi connectivity index (χ3v) is 4.96. The zero-order valence-corrected chi connectivity index (χ0v) is 12.9. The van der Waals surface area contributed by atoms with E-state index >= 15 is 0 Å². The van der Waals surface area contributed by atoms with Crippen molar-refractivity contribution in [1.29, 1.82) is 0 Å². The Morgan fingerprint density at radius 1 is 1.20 bits per heavy atom. The summed E-state index contributed by atoms with van der Waals surface area (Å²) in [6.45, 7) is 7.70. The number of imidazole rings is 1. The van der Waals surface area contributed by atoms with Crippen LogP contribution in [0.1, 0.15) is 23.9 Å². The van der Waals surface area contributed by atoms with Crippen LogP contribution in [0.4, 0.5) is 0 Å². The van der Waals surface area contributed by atoms with Crippen LogP contribution < -0.4 is 4.74 Å². The molecule has 0 N–H and O–H groups in total. The standard InChI is InChI=1S/C14H18N2O3S/c1-5-19-13-8-10(2)11(3)9-14(13)20(17,18)16-7-6-15-12(16)4/h6-9H,5H2,1-4H3. The zero-order chi connectivity index (χ0) is 14.9. The first-order chi connectivity index (χ1) is 9.37. The monoisotopic (exact) mass is 294 g/mol. The van der Waals surface area contributed by atoms with E-state index in [9.17, 15) is 8.42 Å². The zero-order valence-electron chi connectivity index (χ0n) is 12.0. The second-order valence-electron chi connectivity index (χ2n) is 4.59. The molecule has 1 aromatic carbocycles. The van der Waals surface area contributed by atoms with Crippen LogP contribution in [0.25, 0.3) is 0 Å². The van der Waals surface area contributed by atoms with Crippen molar-refractivity contribution in [3.05, 3.63) is 41.5 Å². The third kappa shape index (κ3) is 2.43. The molecule has 0 atom stereocenters. The Morgan fingerprint density at radius 3 is 2.40 bits per heavy atom. The molecule has 5 nitrogen and oxygen atoms in total. The summed E-state index contributed by atoms with van der Waals surface area (Å²) in [5.74, 6) is 0.800. The number of aryl methyl sites for hydroxylation is 3. The lowest BCUT2D eigenvalue weighted by Crippen LogP contribution is -2.15. The number of hydrogen-bond donors (Lipinski definition) is 0. The highest BCUT2D eigenvalue weighted by atomic mass is 32.2. The fourth-order valence-corrected chi connectivity index (χ4v) is 3.48. The molecule has 0 saturated carbocycles. The highest BCUT2D eigenvalue weighted by Gasteiger charge is 2.24. The molecule has 0 bridgehead atoms. The number of benzene rings is 1. The van der Waals surface area contributed by atoms with Crippen LogP contribution in [0.3, 0.4) is 0 Å². The van der Waals surface area contributed by atoms with Crippen LogP contribution in [0.5, 0.6) is 5.75 Å². The van der Waals surface area contributed by atoms with E-state index in [0.717, 1.165) is 11.1 Å². The highest BCUT2D eigenvalue weighted by Crippen LogP contribution is 2.29. The third-order valence-electron chi connectivity index (χ3n) is 3.18. The Balaban J connectivity index is 2.68. The van der Waals surface area contributed by atoms with Crippen molar-refractivity contribution in [1.82, 2.24) is 8.96 Å². The maximum absolute atomic E-state index is 12.7. The largest absolute Gasteiger partial charge is 0.492 e. The van der Waals surface area contributed by atoms with Crippen molar-refractivity contribution in [2.75, 3.05) is 6.61 Å². The minimum atomic E-state index is -3.69. The normalized spacial score (nSPS) is 11.6. The molecule has 108 valence electrons. The van der Waals surface area contributed by atoms with E-state index in [-0.39, 0.29) is 4.90 Å². The maximum atomic E-state index is 12.7. The van der Waals surface area contributed by atoms with E-state index in [1.807, 2.05) is 20.8 Å². The summed E-state index contributed by atoms with van der Waals surface area (Å²) in [7, 11) is -3.69. The number of rotatable bonds is 4. The number of hydrogen-bond acceptors (Lipinski definition) is 4. The van der Waals surface area contributed by atoms with Gasteiger partial charge < -0.3 is 4.74 Å². The highest BCUT2D eigenvalue weighted by molar-refractivity contribution is 7.90. The Bertz CT molecular complexity index is 733. The van der Waals surface area contributed by atoms with Gasteiger partial charge in [0.25, 0.3) is 10.0 Å². The van der Waals surface area contributed by atoms with Gasteiger partial charge >= 0.3 is 0 Å². The van der Waals surface area contributed by atoms with Gasteiger partial charge in [-0.2, -0.15) is 0 Å². The van der Waals surface area contributed by atoms with Crippen LogP contribution in [-0.2, 0) is 10.0 Å². The van der Waals surface area contributed by atoms with Crippen LogP contribution in [0, 0.1) is 20.8 Å². The topological polar surface area (TPSA) is 61.2 Å². The quantitative estimate of drug-likeness (QED) is 0.869. The molecular weight excluding hydrogens is 276 g/mol. The van der Waals surface area contributed by atoms with Crippen LogP contribution >= 0.6 is 0 Å². The van der Waals surface area contributed by atoms with E-state index in [2.05, 4.69) is 4.98 Å². The van der Waals surface area contributed by atoms with Gasteiger partial charge in [0, 0.05) is 12.4 Å². The Hall–Kier alpha value is -1.82. The van der Waals surface area contributed by atoms with E-state index in [1.54, 1.807) is 19.1 Å². The molecule has 0 aliphatic heterocycles. The molecule has 20 heavy (non-hydrogen) atoms. The minimum absolute atomic E-state index is 0.170. The summed E-state index contributed by atoms with van der Waals surface area (Å²) in [6.07, 6.45) is 2.91. The van der Waals surface area contributed by atoms with E-state index < -0.39 is 10.0 Å².